The third kappa shape index (κ3) is 1.44. The van der Waals surface area contributed by atoms with Gasteiger partial charge in [-0.25, -0.2) is 0 Å². The van der Waals surface area contributed by atoms with Gasteiger partial charge >= 0.3 is 0 Å². The van der Waals surface area contributed by atoms with E-state index in [1.165, 1.54) is 31.8 Å². The highest BCUT2D eigenvalue weighted by Gasteiger charge is 2.50. The lowest BCUT2D eigenvalue weighted by atomic mass is 9.86. The van der Waals surface area contributed by atoms with Crippen LogP contribution in [-0.4, -0.2) is 48.2 Å². The minimum Gasteiger partial charge on any atom is -0.371 e. The summed E-state index contributed by atoms with van der Waals surface area (Å²) in [6.45, 7) is 12.0. The molecule has 1 unspecified atom stereocenters. The first-order valence-corrected chi connectivity index (χ1v) is 6.01. The summed E-state index contributed by atoms with van der Waals surface area (Å²) in [5.74, 6) is 2.05. The van der Waals surface area contributed by atoms with E-state index < -0.39 is 0 Å². The van der Waals surface area contributed by atoms with Crippen molar-refractivity contribution in [1.29, 1.82) is 0 Å². The summed E-state index contributed by atoms with van der Waals surface area (Å²) < 4.78 is 5.62. The number of hydrogen-bond acceptors (Lipinski definition) is 3. The second-order valence-electron chi connectivity index (χ2n) is 5.39. The Morgan fingerprint density at radius 1 is 1.40 bits per heavy atom. The van der Waals surface area contributed by atoms with Gasteiger partial charge in [0.05, 0.1) is 25.5 Å². The van der Waals surface area contributed by atoms with Gasteiger partial charge in [0.2, 0.25) is 0 Å². The topological polar surface area (TPSA) is 15.7 Å². The highest BCUT2D eigenvalue weighted by atomic mass is 16.5. The van der Waals surface area contributed by atoms with Gasteiger partial charge in [0.15, 0.2) is 0 Å². The third-order valence-corrected chi connectivity index (χ3v) is 4.08. The predicted molar refractivity (Wildman–Crippen MR) is 59.4 cm³/mol. The molecule has 0 aromatic carbocycles. The highest BCUT2D eigenvalue weighted by molar-refractivity contribution is 5.11. The molecule has 3 fully saturated rings. The monoisotopic (exact) mass is 208 g/mol. The van der Waals surface area contributed by atoms with Crippen molar-refractivity contribution in [1.82, 2.24) is 9.80 Å². The van der Waals surface area contributed by atoms with Crippen LogP contribution in [0.3, 0.4) is 0 Å². The van der Waals surface area contributed by atoms with Crippen molar-refractivity contribution in [3.8, 4) is 0 Å². The maximum Gasteiger partial charge on any atom is 0.105 e. The van der Waals surface area contributed by atoms with Gasteiger partial charge in [0, 0.05) is 19.5 Å². The smallest absolute Gasteiger partial charge is 0.105 e. The molecule has 84 valence electrons. The molecule has 3 nitrogen and oxygen atoms in total. The van der Waals surface area contributed by atoms with Gasteiger partial charge in [-0.1, -0.05) is 13.5 Å². The van der Waals surface area contributed by atoms with Gasteiger partial charge in [-0.2, -0.15) is 0 Å². The summed E-state index contributed by atoms with van der Waals surface area (Å²) in [6, 6.07) is 0. The largest absolute Gasteiger partial charge is 0.371 e. The van der Waals surface area contributed by atoms with Gasteiger partial charge in [0.25, 0.3) is 0 Å². The van der Waals surface area contributed by atoms with E-state index in [9.17, 15) is 0 Å². The van der Waals surface area contributed by atoms with Crippen molar-refractivity contribution in [3.05, 3.63) is 12.4 Å². The quantitative estimate of drug-likeness (QED) is 0.680. The first-order chi connectivity index (χ1) is 7.19. The van der Waals surface area contributed by atoms with Crippen molar-refractivity contribution >= 4 is 0 Å². The molecule has 3 saturated heterocycles. The number of hydrogen-bond donors (Lipinski definition) is 0. The van der Waals surface area contributed by atoms with E-state index in [4.69, 9.17) is 4.74 Å². The minimum absolute atomic E-state index is 0.230. The summed E-state index contributed by atoms with van der Waals surface area (Å²) in [5.41, 5.74) is 0.230. The van der Waals surface area contributed by atoms with Crippen LogP contribution < -0.4 is 0 Å². The SMILES string of the molecule is C=C(N1CCC(C)C1)N1CC2(CCO2)C1. The molecule has 0 aromatic rings. The summed E-state index contributed by atoms with van der Waals surface area (Å²) in [4.78, 5) is 4.80. The van der Waals surface area contributed by atoms with Gasteiger partial charge < -0.3 is 14.5 Å². The fourth-order valence-corrected chi connectivity index (χ4v) is 2.84. The minimum atomic E-state index is 0.230. The summed E-state index contributed by atoms with van der Waals surface area (Å²) >= 11 is 0. The molecular formula is C12H20N2O. The van der Waals surface area contributed by atoms with Gasteiger partial charge in [-0.3, -0.25) is 0 Å². The zero-order chi connectivity index (χ0) is 10.5. The molecule has 3 heteroatoms. The van der Waals surface area contributed by atoms with Crippen LogP contribution >= 0.6 is 0 Å². The van der Waals surface area contributed by atoms with Crippen LogP contribution in [0, 0.1) is 5.92 Å². The molecule has 0 amide bonds. The molecule has 0 saturated carbocycles. The van der Waals surface area contributed by atoms with E-state index in [0.29, 0.717) is 0 Å². The molecule has 0 aromatic heterocycles. The van der Waals surface area contributed by atoms with E-state index in [2.05, 4.69) is 23.3 Å². The van der Waals surface area contributed by atoms with Crippen LogP contribution in [0.25, 0.3) is 0 Å². The zero-order valence-corrected chi connectivity index (χ0v) is 9.54. The van der Waals surface area contributed by atoms with Crippen molar-refractivity contribution < 1.29 is 4.74 Å². The van der Waals surface area contributed by atoms with Crippen molar-refractivity contribution in [2.45, 2.75) is 25.4 Å². The Kier molecular flexibility index (Phi) is 2.00. The Balaban J connectivity index is 1.53. The Morgan fingerprint density at radius 3 is 2.60 bits per heavy atom. The van der Waals surface area contributed by atoms with Crippen molar-refractivity contribution in [2.75, 3.05) is 32.8 Å². The Hall–Kier alpha value is -0.700. The Bertz CT molecular complexity index is 277. The molecule has 0 radical (unpaired) electrons. The van der Waals surface area contributed by atoms with Gasteiger partial charge in [0.1, 0.15) is 5.60 Å². The Labute approximate surface area is 91.7 Å². The molecule has 0 aliphatic carbocycles. The molecular weight excluding hydrogens is 188 g/mol. The Morgan fingerprint density at radius 2 is 2.13 bits per heavy atom. The van der Waals surface area contributed by atoms with E-state index in [1.54, 1.807) is 0 Å². The van der Waals surface area contributed by atoms with E-state index in [0.717, 1.165) is 25.6 Å². The first-order valence-electron chi connectivity index (χ1n) is 6.01. The molecule has 1 atom stereocenters. The molecule has 3 aliphatic heterocycles. The lowest BCUT2D eigenvalue weighted by molar-refractivity contribution is -0.217. The second kappa shape index (κ2) is 3.14. The molecule has 3 aliphatic rings. The molecule has 15 heavy (non-hydrogen) atoms. The lowest BCUT2D eigenvalue weighted by Gasteiger charge is -2.57. The lowest BCUT2D eigenvalue weighted by Crippen LogP contribution is -2.68. The molecule has 3 rings (SSSR count). The molecule has 3 heterocycles. The van der Waals surface area contributed by atoms with Crippen LogP contribution in [0.4, 0.5) is 0 Å². The van der Waals surface area contributed by atoms with Crippen molar-refractivity contribution in [3.63, 3.8) is 0 Å². The summed E-state index contributed by atoms with van der Waals surface area (Å²) in [7, 11) is 0. The van der Waals surface area contributed by atoms with Crippen LogP contribution in [0.2, 0.25) is 0 Å². The van der Waals surface area contributed by atoms with Gasteiger partial charge in [-0.05, 0) is 12.3 Å². The fraction of sp³-hybridized carbons (Fsp3) is 0.833. The van der Waals surface area contributed by atoms with Crippen LogP contribution in [0.15, 0.2) is 12.4 Å². The summed E-state index contributed by atoms with van der Waals surface area (Å²) in [5, 5.41) is 0. The number of ether oxygens (including phenoxy) is 1. The highest BCUT2D eigenvalue weighted by Crippen LogP contribution is 2.38. The van der Waals surface area contributed by atoms with E-state index >= 15 is 0 Å². The first kappa shape index (κ1) is 9.52. The second-order valence-corrected chi connectivity index (χ2v) is 5.39. The molecule has 0 N–H and O–H groups in total. The third-order valence-electron chi connectivity index (χ3n) is 4.08. The standard InChI is InChI=1S/C12H20N2O/c1-10-3-5-13(7-10)11(2)14-8-12(9-14)4-6-15-12/h10H,2-9H2,1H3. The molecule has 0 bridgehead atoms. The van der Waals surface area contributed by atoms with Crippen LogP contribution in [0.1, 0.15) is 19.8 Å². The van der Waals surface area contributed by atoms with Crippen molar-refractivity contribution in [2.24, 2.45) is 5.92 Å². The van der Waals surface area contributed by atoms with Gasteiger partial charge in [-0.15, -0.1) is 0 Å². The number of likely N-dealkylation sites (tertiary alicyclic amines) is 2. The normalized spacial score (nSPS) is 32.7. The maximum atomic E-state index is 5.62. The zero-order valence-electron chi connectivity index (χ0n) is 9.54. The predicted octanol–water partition coefficient (Wildman–Crippen LogP) is 1.27. The average molecular weight is 208 g/mol. The van der Waals surface area contributed by atoms with E-state index in [-0.39, 0.29) is 5.60 Å². The van der Waals surface area contributed by atoms with E-state index in [1.807, 2.05) is 0 Å². The van der Waals surface area contributed by atoms with Crippen LogP contribution in [-0.2, 0) is 4.74 Å². The number of nitrogens with zero attached hydrogens (tertiary/aromatic N) is 2. The maximum absolute atomic E-state index is 5.62. The molecule has 1 spiro atoms. The summed E-state index contributed by atoms with van der Waals surface area (Å²) in [6.07, 6.45) is 2.56. The number of rotatable bonds is 2. The van der Waals surface area contributed by atoms with Crippen LogP contribution in [0.5, 0.6) is 0 Å². The average Bonchev–Trinajstić information content (AvgIpc) is 2.46. The fourth-order valence-electron chi connectivity index (χ4n) is 2.84.